The largest absolute Gasteiger partial charge is 0.388 e. The minimum atomic E-state index is -0.315. The van der Waals surface area contributed by atoms with Gasteiger partial charge in [0.2, 0.25) is 0 Å². The Kier molecular flexibility index (Phi) is 3.49. The molecular weight excluding hydrogens is 160 g/mol. The second-order valence-corrected chi connectivity index (χ2v) is 3.74. The zero-order chi connectivity index (χ0) is 9.84. The van der Waals surface area contributed by atoms with Crippen molar-refractivity contribution in [2.24, 2.45) is 5.92 Å². The SMILES string of the molecule is CCC(C)C(O)c1cccc(C)c1. The van der Waals surface area contributed by atoms with Gasteiger partial charge >= 0.3 is 0 Å². The number of aliphatic hydroxyl groups excluding tert-OH is 1. The van der Waals surface area contributed by atoms with Gasteiger partial charge in [-0.2, -0.15) is 0 Å². The highest BCUT2D eigenvalue weighted by molar-refractivity contribution is 5.24. The van der Waals surface area contributed by atoms with Crippen LogP contribution in [-0.4, -0.2) is 5.11 Å². The fourth-order valence-electron chi connectivity index (χ4n) is 1.41. The van der Waals surface area contributed by atoms with Gasteiger partial charge in [-0.1, -0.05) is 50.1 Å². The van der Waals surface area contributed by atoms with E-state index in [9.17, 15) is 5.11 Å². The first-order valence-electron chi connectivity index (χ1n) is 4.89. The quantitative estimate of drug-likeness (QED) is 0.754. The molecular formula is C12H18O. The van der Waals surface area contributed by atoms with Crippen molar-refractivity contribution in [3.8, 4) is 0 Å². The summed E-state index contributed by atoms with van der Waals surface area (Å²) in [7, 11) is 0. The zero-order valence-corrected chi connectivity index (χ0v) is 8.62. The molecule has 0 radical (unpaired) electrons. The van der Waals surface area contributed by atoms with Gasteiger partial charge in [0.05, 0.1) is 6.10 Å². The predicted molar refractivity (Wildman–Crippen MR) is 55.6 cm³/mol. The molecule has 0 heterocycles. The molecule has 2 atom stereocenters. The van der Waals surface area contributed by atoms with Crippen LogP contribution in [0.2, 0.25) is 0 Å². The first-order chi connectivity index (χ1) is 6.15. The van der Waals surface area contributed by atoms with Gasteiger partial charge in [0, 0.05) is 0 Å². The smallest absolute Gasteiger partial charge is 0.0815 e. The zero-order valence-electron chi connectivity index (χ0n) is 8.62. The standard InChI is InChI=1S/C12H18O/c1-4-10(3)12(13)11-7-5-6-9(2)8-11/h5-8,10,12-13H,4H2,1-3H3. The average molecular weight is 178 g/mol. The van der Waals surface area contributed by atoms with E-state index in [1.807, 2.05) is 25.1 Å². The minimum absolute atomic E-state index is 0.315. The Morgan fingerprint density at radius 3 is 2.62 bits per heavy atom. The van der Waals surface area contributed by atoms with E-state index in [2.05, 4.69) is 19.9 Å². The highest BCUT2D eigenvalue weighted by Gasteiger charge is 2.13. The Labute approximate surface area is 80.4 Å². The van der Waals surface area contributed by atoms with E-state index in [1.165, 1.54) is 5.56 Å². The fourth-order valence-corrected chi connectivity index (χ4v) is 1.41. The molecule has 72 valence electrons. The van der Waals surface area contributed by atoms with E-state index in [0.29, 0.717) is 5.92 Å². The number of hydrogen-bond donors (Lipinski definition) is 1. The van der Waals surface area contributed by atoms with Crippen LogP contribution in [0.4, 0.5) is 0 Å². The molecule has 0 aliphatic rings. The van der Waals surface area contributed by atoms with Gasteiger partial charge in [-0.05, 0) is 18.4 Å². The summed E-state index contributed by atoms with van der Waals surface area (Å²) in [6.07, 6.45) is 0.694. The lowest BCUT2D eigenvalue weighted by Crippen LogP contribution is -2.07. The molecule has 0 spiro atoms. The number of hydrogen-bond acceptors (Lipinski definition) is 1. The van der Waals surface area contributed by atoms with Crippen molar-refractivity contribution in [1.82, 2.24) is 0 Å². The maximum Gasteiger partial charge on any atom is 0.0815 e. The Balaban J connectivity index is 2.82. The van der Waals surface area contributed by atoms with Crippen LogP contribution in [0, 0.1) is 12.8 Å². The van der Waals surface area contributed by atoms with Gasteiger partial charge in [-0.15, -0.1) is 0 Å². The predicted octanol–water partition coefficient (Wildman–Crippen LogP) is 3.07. The molecule has 1 nitrogen and oxygen atoms in total. The second-order valence-electron chi connectivity index (χ2n) is 3.74. The van der Waals surface area contributed by atoms with E-state index >= 15 is 0 Å². The number of rotatable bonds is 3. The molecule has 0 amide bonds. The van der Waals surface area contributed by atoms with Crippen molar-refractivity contribution in [1.29, 1.82) is 0 Å². The van der Waals surface area contributed by atoms with E-state index in [1.54, 1.807) is 0 Å². The molecule has 0 bridgehead atoms. The maximum atomic E-state index is 9.91. The Morgan fingerprint density at radius 1 is 1.38 bits per heavy atom. The number of aryl methyl sites for hydroxylation is 1. The summed E-state index contributed by atoms with van der Waals surface area (Å²) in [5.74, 6) is 0.335. The fraction of sp³-hybridized carbons (Fsp3) is 0.500. The molecule has 1 N–H and O–H groups in total. The van der Waals surface area contributed by atoms with Gasteiger partial charge in [0.15, 0.2) is 0 Å². The lowest BCUT2D eigenvalue weighted by Gasteiger charge is -2.17. The van der Waals surface area contributed by atoms with Crippen LogP contribution in [-0.2, 0) is 0 Å². The molecule has 13 heavy (non-hydrogen) atoms. The van der Waals surface area contributed by atoms with Crippen molar-refractivity contribution in [3.63, 3.8) is 0 Å². The van der Waals surface area contributed by atoms with Gasteiger partial charge < -0.3 is 5.11 Å². The summed E-state index contributed by atoms with van der Waals surface area (Å²) in [6, 6.07) is 8.09. The van der Waals surface area contributed by atoms with Crippen LogP contribution in [0.5, 0.6) is 0 Å². The van der Waals surface area contributed by atoms with Crippen LogP contribution < -0.4 is 0 Å². The van der Waals surface area contributed by atoms with Crippen LogP contribution in [0.1, 0.15) is 37.5 Å². The summed E-state index contributed by atoms with van der Waals surface area (Å²) < 4.78 is 0. The monoisotopic (exact) mass is 178 g/mol. The maximum absolute atomic E-state index is 9.91. The van der Waals surface area contributed by atoms with Crippen molar-refractivity contribution in [2.75, 3.05) is 0 Å². The molecule has 0 saturated heterocycles. The van der Waals surface area contributed by atoms with E-state index < -0.39 is 0 Å². The highest BCUT2D eigenvalue weighted by atomic mass is 16.3. The first-order valence-corrected chi connectivity index (χ1v) is 4.89. The Bertz CT molecular complexity index is 268. The van der Waals surface area contributed by atoms with Crippen molar-refractivity contribution >= 4 is 0 Å². The third kappa shape index (κ3) is 2.56. The van der Waals surface area contributed by atoms with E-state index in [-0.39, 0.29) is 6.10 Å². The average Bonchev–Trinajstić information content (AvgIpc) is 2.15. The number of benzene rings is 1. The minimum Gasteiger partial charge on any atom is -0.388 e. The summed E-state index contributed by atoms with van der Waals surface area (Å²) in [4.78, 5) is 0. The van der Waals surface area contributed by atoms with E-state index in [0.717, 1.165) is 12.0 Å². The van der Waals surface area contributed by atoms with Gasteiger partial charge in [-0.25, -0.2) is 0 Å². The summed E-state index contributed by atoms with van der Waals surface area (Å²) >= 11 is 0. The van der Waals surface area contributed by atoms with E-state index in [4.69, 9.17) is 0 Å². The molecule has 0 saturated carbocycles. The molecule has 2 unspecified atom stereocenters. The molecule has 1 aromatic carbocycles. The Morgan fingerprint density at radius 2 is 2.08 bits per heavy atom. The van der Waals surface area contributed by atoms with Crippen molar-refractivity contribution in [2.45, 2.75) is 33.3 Å². The summed E-state index contributed by atoms with van der Waals surface area (Å²) in [5.41, 5.74) is 2.24. The van der Waals surface area contributed by atoms with Gasteiger partial charge in [0.25, 0.3) is 0 Å². The molecule has 0 aliphatic carbocycles. The molecule has 0 aromatic heterocycles. The Hall–Kier alpha value is -0.820. The van der Waals surface area contributed by atoms with Crippen LogP contribution >= 0.6 is 0 Å². The molecule has 0 aliphatic heterocycles. The molecule has 1 aromatic rings. The molecule has 1 heteroatoms. The highest BCUT2D eigenvalue weighted by Crippen LogP contribution is 2.24. The molecule has 1 rings (SSSR count). The normalized spacial score (nSPS) is 15.4. The summed E-state index contributed by atoms with van der Waals surface area (Å²) in [6.45, 7) is 6.23. The topological polar surface area (TPSA) is 20.2 Å². The van der Waals surface area contributed by atoms with Crippen LogP contribution in [0.3, 0.4) is 0 Å². The van der Waals surface area contributed by atoms with Crippen LogP contribution in [0.15, 0.2) is 24.3 Å². The lowest BCUT2D eigenvalue weighted by atomic mass is 9.94. The third-order valence-electron chi connectivity index (χ3n) is 2.57. The second kappa shape index (κ2) is 4.43. The molecule has 0 fully saturated rings. The lowest BCUT2D eigenvalue weighted by molar-refractivity contribution is 0.115. The van der Waals surface area contributed by atoms with Crippen molar-refractivity contribution < 1.29 is 5.11 Å². The van der Waals surface area contributed by atoms with Gasteiger partial charge in [0.1, 0.15) is 0 Å². The van der Waals surface area contributed by atoms with Crippen LogP contribution in [0.25, 0.3) is 0 Å². The van der Waals surface area contributed by atoms with Gasteiger partial charge in [-0.3, -0.25) is 0 Å². The first kappa shape index (κ1) is 10.3. The van der Waals surface area contributed by atoms with Crippen molar-refractivity contribution in [3.05, 3.63) is 35.4 Å². The number of aliphatic hydroxyl groups is 1. The summed E-state index contributed by atoms with van der Waals surface area (Å²) in [5, 5.41) is 9.91. The third-order valence-corrected chi connectivity index (χ3v) is 2.57.